The van der Waals surface area contributed by atoms with E-state index in [9.17, 15) is 4.79 Å². The van der Waals surface area contributed by atoms with E-state index in [0.29, 0.717) is 9.80 Å². The lowest BCUT2D eigenvalue weighted by molar-refractivity contribution is -0.00555. The molecule has 0 atom stereocenters. The largest absolute Gasteiger partial charge is 0.444 e. The van der Waals surface area contributed by atoms with E-state index >= 15 is 0 Å². The van der Waals surface area contributed by atoms with Crippen molar-refractivity contribution in [1.29, 1.82) is 0 Å². The highest BCUT2D eigenvalue weighted by Gasteiger charge is 2.53. The van der Waals surface area contributed by atoms with E-state index < -0.39 is 0 Å². The van der Waals surface area contributed by atoms with Gasteiger partial charge in [0.1, 0.15) is 5.01 Å². The Balaban J connectivity index is 1.37. The number of nitrogens with zero attached hydrogens (tertiary/aromatic N) is 2. The molecule has 4 aliphatic rings. The summed E-state index contributed by atoms with van der Waals surface area (Å²) in [6.07, 6.45) is 8.01. The summed E-state index contributed by atoms with van der Waals surface area (Å²) in [5.74, 6) is 2.61. The van der Waals surface area contributed by atoms with Crippen molar-refractivity contribution >= 4 is 38.3 Å². The van der Waals surface area contributed by atoms with E-state index in [1.54, 1.807) is 23.5 Å². The number of furan rings is 1. The van der Waals surface area contributed by atoms with E-state index in [1.807, 2.05) is 0 Å². The maximum absolute atomic E-state index is 12.2. The lowest BCUT2D eigenvalue weighted by atomic mass is 9.50. The standard InChI is InChI=1S/C17H18BrN3O2S/c18-13-2-1-12(23-13)14(22)19-16-21-20-15(24-16)17-6-9-3-10(7-17)5-11(4-9)8-17/h1-2,9-11H,3-8H2,(H,19,21,22). The topological polar surface area (TPSA) is 68.0 Å². The highest BCUT2D eigenvalue weighted by atomic mass is 79.9. The Morgan fingerprint density at radius 2 is 1.83 bits per heavy atom. The summed E-state index contributed by atoms with van der Waals surface area (Å²) >= 11 is 4.75. The van der Waals surface area contributed by atoms with Gasteiger partial charge >= 0.3 is 0 Å². The first-order valence-corrected chi connectivity index (χ1v) is 10.1. The molecule has 2 aromatic heterocycles. The zero-order valence-electron chi connectivity index (χ0n) is 13.1. The van der Waals surface area contributed by atoms with Gasteiger partial charge in [-0.1, -0.05) is 11.3 Å². The maximum Gasteiger partial charge on any atom is 0.293 e. The van der Waals surface area contributed by atoms with Crippen LogP contribution in [0.15, 0.2) is 21.2 Å². The van der Waals surface area contributed by atoms with Gasteiger partial charge in [-0.2, -0.15) is 0 Å². The third kappa shape index (κ3) is 2.44. The molecule has 2 aromatic rings. The van der Waals surface area contributed by atoms with Gasteiger partial charge in [-0.3, -0.25) is 10.1 Å². The van der Waals surface area contributed by atoms with Crippen molar-refractivity contribution in [2.24, 2.45) is 17.8 Å². The molecule has 1 N–H and O–H groups in total. The second-order valence-corrected chi connectivity index (χ2v) is 9.43. The molecule has 7 heteroatoms. The van der Waals surface area contributed by atoms with Crippen molar-refractivity contribution in [1.82, 2.24) is 10.2 Å². The van der Waals surface area contributed by atoms with Crippen molar-refractivity contribution in [3.8, 4) is 0 Å². The van der Waals surface area contributed by atoms with E-state index in [4.69, 9.17) is 4.42 Å². The summed E-state index contributed by atoms with van der Waals surface area (Å²) in [7, 11) is 0. The van der Waals surface area contributed by atoms with Gasteiger partial charge in [0, 0.05) is 5.41 Å². The third-order valence-electron chi connectivity index (χ3n) is 5.93. The number of hydrogen-bond donors (Lipinski definition) is 1. The first kappa shape index (κ1) is 15.1. The van der Waals surface area contributed by atoms with Crippen LogP contribution in [0, 0.1) is 17.8 Å². The highest BCUT2D eigenvalue weighted by Crippen LogP contribution is 2.61. The molecule has 4 bridgehead atoms. The normalized spacial score (nSPS) is 33.8. The van der Waals surface area contributed by atoms with Crippen LogP contribution in [0.2, 0.25) is 0 Å². The first-order chi connectivity index (χ1) is 11.6. The van der Waals surface area contributed by atoms with Gasteiger partial charge in [-0.15, -0.1) is 10.2 Å². The first-order valence-electron chi connectivity index (χ1n) is 8.50. The third-order valence-corrected chi connectivity index (χ3v) is 7.45. The Morgan fingerprint density at radius 1 is 1.17 bits per heavy atom. The molecule has 2 heterocycles. The summed E-state index contributed by atoms with van der Waals surface area (Å²) in [5.41, 5.74) is 0.225. The molecule has 0 saturated heterocycles. The number of rotatable bonds is 3. The number of carbonyl (C=O) groups is 1. The molecule has 4 aliphatic carbocycles. The molecule has 6 rings (SSSR count). The summed E-state index contributed by atoms with van der Waals surface area (Å²) in [5, 5.41) is 13.2. The Hall–Kier alpha value is -1.21. The molecular weight excluding hydrogens is 390 g/mol. The Labute approximate surface area is 152 Å². The molecule has 5 nitrogen and oxygen atoms in total. The number of amides is 1. The summed E-state index contributed by atoms with van der Waals surface area (Å²) in [6.45, 7) is 0. The number of hydrogen-bond acceptors (Lipinski definition) is 5. The fraction of sp³-hybridized carbons (Fsp3) is 0.588. The monoisotopic (exact) mass is 407 g/mol. The van der Waals surface area contributed by atoms with Gasteiger partial charge in [0.15, 0.2) is 10.4 Å². The predicted molar refractivity (Wildman–Crippen MR) is 94.1 cm³/mol. The van der Waals surface area contributed by atoms with Gasteiger partial charge in [-0.05, 0) is 84.3 Å². The minimum absolute atomic E-state index is 0.225. The van der Waals surface area contributed by atoms with E-state index in [-0.39, 0.29) is 17.1 Å². The zero-order chi connectivity index (χ0) is 16.3. The number of anilines is 1. The van der Waals surface area contributed by atoms with E-state index in [0.717, 1.165) is 22.8 Å². The summed E-state index contributed by atoms with van der Waals surface area (Å²) in [4.78, 5) is 12.2. The van der Waals surface area contributed by atoms with Crippen LogP contribution in [0.5, 0.6) is 0 Å². The smallest absolute Gasteiger partial charge is 0.293 e. The number of carbonyl (C=O) groups excluding carboxylic acids is 1. The quantitative estimate of drug-likeness (QED) is 0.805. The molecule has 1 amide bonds. The van der Waals surface area contributed by atoms with Crippen LogP contribution in [0.3, 0.4) is 0 Å². The Bertz CT molecular complexity index is 764. The lowest BCUT2D eigenvalue weighted by Crippen LogP contribution is -2.48. The second kappa shape index (κ2) is 5.39. The van der Waals surface area contributed by atoms with Gasteiger partial charge in [0.25, 0.3) is 5.91 Å². The van der Waals surface area contributed by atoms with Gasteiger partial charge in [0.05, 0.1) is 0 Å². The molecule has 0 aliphatic heterocycles. The van der Waals surface area contributed by atoms with Crippen molar-refractivity contribution in [3.05, 3.63) is 27.6 Å². The fourth-order valence-corrected chi connectivity index (χ4v) is 6.72. The van der Waals surface area contributed by atoms with Crippen LogP contribution >= 0.6 is 27.3 Å². The van der Waals surface area contributed by atoms with Crippen molar-refractivity contribution in [2.45, 2.75) is 43.9 Å². The SMILES string of the molecule is O=C(Nc1nnc(C23CC4CC(CC(C4)C2)C3)s1)c1ccc(Br)o1. The Morgan fingerprint density at radius 3 is 2.42 bits per heavy atom. The lowest BCUT2D eigenvalue weighted by Gasteiger charge is -2.55. The van der Waals surface area contributed by atoms with Gasteiger partial charge in [-0.25, -0.2) is 0 Å². The van der Waals surface area contributed by atoms with Crippen LogP contribution in [-0.2, 0) is 5.41 Å². The van der Waals surface area contributed by atoms with Crippen molar-refractivity contribution < 1.29 is 9.21 Å². The molecular formula is C17H18BrN3O2S. The molecule has 126 valence electrons. The second-order valence-electron chi connectivity index (χ2n) is 7.67. The van der Waals surface area contributed by atoms with Gasteiger partial charge < -0.3 is 4.42 Å². The number of nitrogens with one attached hydrogen (secondary N) is 1. The number of halogens is 1. The van der Waals surface area contributed by atoms with Crippen LogP contribution in [0.4, 0.5) is 5.13 Å². The molecule has 4 saturated carbocycles. The fourth-order valence-electron chi connectivity index (χ4n) is 5.46. The molecule has 4 fully saturated rings. The average Bonchev–Trinajstić information content (AvgIpc) is 3.15. The van der Waals surface area contributed by atoms with E-state index in [1.165, 1.54) is 38.5 Å². The maximum atomic E-state index is 12.2. The molecule has 0 radical (unpaired) electrons. The van der Waals surface area contributed by atoms with Crippen molar-refractivity contribution in [2.75, 3.05) is 5.32 Å². The predicted octanol–water partition coefficient (Wildman–Crippen LogP) is 4.61. The van der Waals surface area contributed by atoms with Crippen LogP contribution in [0.25, 0.3) is 0 Å². The van der Waals surface area contributed by atoms with Gasteiger partial charge in [0.2, 0.25) is 5.13 Å². The summed E-state index contributed by atoms with van der Waals surface area (Å²) in [6, 6.07) is 3.34. The van der Waals surface area contributed by atoms with Crippen LogP contribution in [0.1, 0.15) is 54.1 Å². The highest BCUT2D eigenvalue weighted by molar-refractivity contribution is 9.10. The van der Waals surface area contributed by atoms with E-state index in [2.05, 4.69) is 31.4 Å². The molecule has 0 aromatic carbocycles. The Kier molecular flexibility index (Phi) is 3.39. The number of aromatic nitrogens is 2. The van der Waals surface area contributed by atoms with Crippen LogP contribution in [-0.4, -0.2) is 16.1 Å². The summed E-state index contributed by atoms with van der Waals surface area (Å²) < 4.78 is 5.83. The minimum atomic E-state index is -0.283. The van der Waals surface area contributed by atoms with Crippen LogP contribution < -0.4 is 5.32 Å². The van der Waals surface area contributed by atoms with Crippen molar-refractivity contribution in [3.63, 3.8) is 0 Å². The molecule has 0 spiro atoms. The minimum Gasteiger partial charge on any atom is -0.444 e. The molecule has 24 heavy (non-hydrogen) atoms. The average molecular weight is 408 g/mol. The molecule has 0 unspecified atom stereocenters. The zero-order valence-corrected chi connectivity index (χ0v) is 15.5.